The zero-order valence-electron chi connectivity index (χ0n) is 27.3. The first-order chi connectivity index (χ1) is 22.9. The number of carbonyl (C=O) groups is 3. The maximum atomic E-state index is 13.8. The van der Waals surface area contributed by atoms with Crippen LogP contribution in [0.25, 0.3) is 0 Å². The van der Waals surface area contributed by atoms with Crippen molar-refractivity contribution in [2.24, 2.45) is 11.8 Å². The molecule has 0 spiro atoms. The number of allylic oxidation sites excluding steroid dienone is 2. The van der Waals surface area contributed by atoms with E-state index in [0.717, 1.165) is 11.1 Å². The Hall–Kier alpha value is -4.53. The van der Waals surface area contributed by atoms with Crippen molar-refractivity contribution in [3.8, 4) is 0 Å². The standard InChI is InChI=1S/C39H48N2O6/c1-4-6-21-33(24-29-17-10-7-11-18-29)39(45)47-37(31-22-14-9-15-23-31)35(28-46-3)41-38(44)32(16-5-2)26-36(43)40-34(27-42)25-30-19-12-8-13-20-30/h4-5,7-15,17-20,22-23,32-35,37,42H,1-2,6,16,21,24-28H2,3H3,(H,40,43)(H,41,44)/t32-,33-,34-,35+,37+/m1/s1. The summed E-state index contributed by atoms with van der Waals surface area (Å²) < 4.78 is 11.7. The summed E-state index contributed by atoms with van der Waals surface area (Å²) in [5, 5.41) is 15.8. The van der Waals surface area contributed by atoms with Crippen LogP contribution in [-0.2, 0) is 36.7 Å². The van der Waals surface area contributed by atoms with E-state index in [1.54, 1.807) is 12.2 Å². The number of amides is 2. The van der Waals surface area contributed by atoms with Crippen molar-refractivity contribution in [2.45, 2.75) is 56.7 Å². The highest BCUT2D eigenvalue weighted by Gasteiger charge is 2.33. The fraction of sp³-hybridized carbons (Fsp3) is 0.359. The second kappa shape index (κ2) is 20.6. The van der Waals surface area contributed by atoms with E-state index in [4.69, 9.17) is 9.47 Å². The summed E-state index contributed by atoms with van der Waals surface area (Å²) in [7, 11) is 1.52. The lowest BCUT2D eigenvalue weighted by Crippen LogP contribution is -2.47. The van der Waals surface area contributed by atoms with Crippen molar-refractivity contribution in [3.05, 3.63) is 133 Å². The molecule has 8 heteroatoms. The van der Waals surface area contributed by atoms with Gasteiger partial charge in [-0.3, -0.25) is 14.4 Å². The molecule has 0 aliphatic carbocycles. The number of ether oxygens (including phenoxy) is 2. The van der Waals surface area contributed by atoms with Gasteiger partial charge in [-0.05, 0) is 48.8 Å². The second-order valence-electron chi connectivity index (χ2n) is 11.7. The number of benzene rings is 3. The van der Waals surface area contributed by atoms with E-state index in [9.17, 15) is 19.5 Å². The molecule has 0 fully saturated rings. The summed E-state index contributed by atoms with van der Waals surface area (Å²) in [6, 6.07) is 27.4. The van der Waals surface area contributed by atoms with Crippen LogP contribution >= 0.6 is 0 Å². The summed E-state index contributed by atoms with van der Waals surface area (Å²) in [5.74, 6) is -2.30. The number of methoxy groups -OCH3 is 1. The molecule has 3 rings (SSSR count). The van der Waals surface area contributed by atoms with Crippen LogP contribution < -0.4 is 10.6 Å². The largest absolute Gasteiger partial charge is 0.455 e. The maximum Gasteiger partial charge on any atom is 0.309 e. The average molecular weight is 641 g/mol. The fourth-order valence-electron chi connectivity index (χ4n) is 5.51. The maximum absolute atomic E-state index is 13.8. The predicted octanol–water partition coefficient (Wildman–Crippen LogP) is 5.53. The topological polar surface area (TPSA) is 114 Å². The Balaban J connectivity index is 1.78. The number of rotatable bonds is 21. The molecule has 250 valence electrons. The Morgan fingerprint density at radius 2 is 1.40 bits per heavy atom. The van der Waals surface area contributed by atoms with E-state index in [2.05, 4.69) is 23.8 Å². The Labute approximate surface area is 278 Å². The van der Waals surface area contributed by atoms with Gasteiger partial charge in [0.25, 0.3) is 0 Å². The third-order valence-electron chi connectivity index (χ3n) is 7.95. The van der Waals surface area contributed by atoms with Gasteiger partial charge in [0.2, 0.25) is 11.8 Å². The van der Waals surface area contributed by atoms with Gasteiger partial charge in [0, 0.05) is 13.5 Å². The number of esters is 1. The van der Waals surface area contributed by atoms with Crippen LogP contribution in [0.4, 0.5) is 0 Å². The lowest BCUT2D eigenvalue weighted by molar-refractivity contribution is -0.158. The molecule has 0 aromatic heterocycles. The quantitative estimate of drug-likeness (QED) is 0.104. The van der Waals surface area contributed by atoms with Gasteiger partial charge < -0.3 is 25.2 Å². The van der Waals surface area contributed by atoms with Crippen LogP contribution in [0.3, 0.4) is 0 Å². The van der Waals surface area contributed by atoms with E-state index >= 15 is 0 Å². The number of hydrogen-bond donors (Lipinski definition) is 3. The summed E-state index contributed by atoms with van der Waals surface area (Å²) in [5.41, 5.74) is 2.70. The molecule has 0 bridgehead atoms. The minimum Gasteiger partial charge on any atom is -0.455 e. The second-order valence-corrected chi connectivity index (χ2v) is 11.7. The summed E-state index contributed by atoms with van der Waals surface area (Å²) >= 11 is 0. The van der Waals surface area contributed by atoms with E-state index in [-0.39, 0.29) is 37.9 Å². The highest BCUT2D eigenvalue weighted by molar-refractivity contribution is 5.86. The Morgan fingerprint density at radius 1 is 0.809 bits per heavy atom. The summed E-state index contributed by atoms with van der Waals surface area (Å²) in [6.07, 6.45) is 4.84. The number of nitrogens with one attached hydrogen (secondary N) is 2. The van der Waals surface area contributed by atoms with Gasteiger partial charge in [-0.2, -0.15) is 0 Å². The first-order valence-electron chi connectivity index (χ1n) is 16.1. The minimum absolute atomic E-state index is 0.0608. The summed E-state index contributed by atoms with van der Waals surface area (Å²) in [4.78, 5) is 40.6. The third kappa shape index (κ3) is 12.6. The first kappa shape index (κ1) is 36.9. The van der Waals surface area contributed by atoms with Crippen LogP contribution in [0, 0.1) is 11.8 Å². The van der Waals surface area contributed by atoms with Crippen LogP contribution in [0.2, 0.25) is 0 Å². The lowest BCUT2D eigenvalue weighted by Gasteiger charge is -2.30. The van der Waals surface area contributed by atoms with Crippen LogP contribution in [0.1, 0.15) is 48.5 Å². The highest BCUT2D eigenvalue weighted by Crippen LogP contribution is 2.27. The SMILES string of the molecule is C=CCC[C@H](Cc1ccccc1)C(=O)O[C@@H](c1ccccc1)[C@H](COC)NC(=O)[C@H](CC=C)CC(=O)N[C@@H](CO)Cc1ccccc1. The normalized spacial score (nSPS) is 14.1. The first-order valence-corrected chi connectivity index (χ1v) is 16.1. The average Bonchev–Trinajstić information content (AvgIpc) is 3.09. The third-order valence-corrected chi connectivity index (χ3v) is 7.95. The van der Waals surface area contributed by atoms with Crippen molar-refractivity contribution >= 4 is 17.8 Å². The van der Waals surface area contributed by atoms with E-state index < -0.39 is 35.9 Å². The van der Waals surface area contributed by atoms with Gasteiger partial charge in [-0.1, -0.05) is 103 Å². The Bertz CT molecular complexity index is 1380. The van der Waals surface area contributed by atoms with E-state index in [1.807, 2.05) is 91.0 Å². The molecule has 8 nitrogen and oxygen atoms in total. The van der Waals surface area contributed by atoms with Crippen molar-refractivity contribution in [1.82, 2.24) is 10.6 Å². The van der Waals surface area contributed by atoms with Crippen LogP contribution in [0.15, 0.2) is 116 Å². The van der Waals surface area contributed by atoms with Crippen LogP contribution in [0.5, 0.6) is 0 Å². The minimum atomic E-state index is -0.850. The number of aliphatic hydroxyl groups excluding tert-OH is 1. The Kier molecular flexibility index (Phi) is 16.2. The Morgan fingerprint density at radius 3 is 1.96 bits per heavy atom. The smallest absolute Gasteiger partial charge is 0.309 e. The van der Waals surface area contributed by atoms with E-state index in [0.29, 0.717) is 31.2 Å². The molecule has 2 amide bonds. The molecular weight excluding hydrogens is 592 g/mol. The molecule has 0 aliphatic heterocycles. The van der Waals surface area contributed by atoms with Gasteiger partial charge in [-0.25, -0.2) is 0 Å². The number of aliphatic hydroxyl groups is 1. The molecule has 3 N–H and O–H groups in total. The molecule has 0 saturated heterocycles. The molecule has 0 radical (unpaired) electrons. The molecule has 0 aliphatic rings. The van der Waals surface area contributed by atoms with Crippen molar-refractivity contribution in [1.29, 1.82) is 0 Å². The van der Waals surface area contributed by atoms with Crippen molar-refractivity contribution in [3.63, 3.8) is 0 Å². The van der Waals surface area contributed by atoms with Crippen LogP contribution in [-0.4, -0.2) is 55.3 Å². The summed E-state index contributed by atoms with van der Waals surface area (Å²) in [6.45, 7) is 7.43. The predicted molar refractivity (Wildman–Crippen MR) is 184 cm³/mol. The molecule has 47 heavy (non-hydrogen) atoms. The van der Waals surface area contributed by atoms with E-state index in [1.165, 1.54) is 7.11 Å². The molecule has 0 unspecified atom stereocenters. The molecule has 3 aromatic rings. The number of hydrogen-bond acceptors (Lipinski definition) is 6. The zero-order valence-corrected chi connectivity index (χ0v) is 27.3. The zero-order chi connectivity index (χ0) is 33.9. The number of carbonyl (C=O) groups excluding carboxylic acids is 3. The fourth-order valence-corrected chi connectivity index (χ4v) is 5.51. The molecule has 0 saturated carbocycles. The van der Waals surface area contributed by atoms with Gasteiger partial charge >= 0.3 is 5.97 Å². The van der Waals surface area contributed by atoms with Gasteiger partial charge in [0.15, 0.2) is 0 Å². The van der Waals surface area contributed by atoms with Gasteiger partial charge in [0.05, 0.1) is 37.1 Å². The monoisotopic (exact) mass is 640 g/mol. The van der Waals surface area contributed by atoms with Crippen molar-refractivity contribution < 1.29 is 29.0 Å². The van der Waals surface area contributed by atoms with Gasteiger partial charge in [-0.15, -0.1) is 13.2 Å². The van der Waals surface area contributed by atoms with Crippen molar-refractivity contribution in [2.75, 3.05) is 20.3 Å². The molecule has 3 aromatic carbocycles. The molecule has 5 atom stereocenters. The highest BCUT2D eigenvalue weighted by atomic mass is 16.5. The molecule has 0 heterocycles. The molecular formula is C39H48N2O6. The van der Waals surface area contributed by atoms with Gasteiger partial charge in [0.1, 0.15) is 6.10 Å². The lowest BCUT2D eigenvalue weighted by atomic mass is 9.94.